The summed E-state index contributed by atoms with van der Waals surface area (Å²) in [6.07, 6.45) is 5.96. The molecule has 0 radical (unpaired) electrons. The zero-order chi connectivity index (χ0) is 14.9. The smallest absolute Gasteiger partial charge is 0.192 e. The highest BCUT2D eigenvalue weighted by molar-refractivity contribution is 7.98. The summed E-state index contributed by atoms with van der Waals surface area (Å²) in [6, 6.07) is 6.40. The van der Waals surface area contributed by atoms with Gasteiger partial charge >= 0.3 is 0 Å². The highest BCUT2D eigenvalue weighted by Crippen LogP contribution is 2.41. The Kier molecular flexibility index (Phi) is 3.42. The molecule has 3 aromatic heterocycles. The Morgan fingerprint density at radius 2 is 2.27 bits per heavy atom. The molecule has 1 fully saturated rings. The van der Waals surface area contributed by atoms with Crippen LogP contribution < -0.4 is 0 Å². The fraction of sp³-hybridized carbons (Fsp3) is 0.333. The molecule has 7 heteroatoms. The van der Waals surface area contributed by atoms with Gasteiger partial charge in [0.25, 0.3) is 0 Å². The van der Waals surface area contributed by atoms with E-state index in [4.69, 9.17) is 4.52 Å². The molecule has 0 amide bonds. The first-order valence-electron chi connectivity index (χ1n) is 7.21. The van der Waals surface area contributed by atoms with Crippen molar-refractivity contribution in [1.82, 2.24) is 24.9 Å². The lowest BCUT2D eigenvalue weighted by molar-refractivity contribution is 0.391. The average molecular weight is 313 g/mol. The van der Waals surface area contributed by atoms with E-state index in [2.05, 4.69) is 24.9 Å². The van der Waals surface area contributed by atoms with Crippen LogP contribution in [0.15, 0.2) is 40.3 Å². The first-order valence-corrected chi connectivity index (χ1v) is 8.20. The molecule has 6 nitrogen and oxygen atoms in total. The fourth-order valence-corrected chi connectivity index (χ4v) is 3.23. The van der Waals surface area contributed by atoms with Gasteiger partial charge in [0.15, 0.2) is 11.0 Å². The van der Waals surface area contributed by atoms with Gasteiger partial charge in [-0.05, 0) is 31.9 Å². The number of aromatic nitrogens is 5. The van der Waals surface area contributed by atoms with Crippen molar-refractivity contribution in [2.75, 3.05) is 0 Å². The quantitative estimate of drug-likeness (QED) is 0.673. The van der Waals surface area contributed by atoms with Crippen LogP contribution in [0.4, 0.5) is 0 Å². The van der Waals surface area contributed by atoms with Crippen molar-refractivity contribution >= 4 is 11.8 Å². The third kappa shape index (κ3) is 2.64. The van der Waals surface area contributed by atoms with Gasteiger partial charge in [-0.25, -0.2) is 0 Å². The Hall–Kier alpha value is -2.15. The van der Waals surface area contributed by atoms with Crippen molar-refractivity contribution in [1.29, 1.82) is 0 Å². The molecule has 0 saturated heterocycles. The molecule has 3 aromatic rings. The van der Waals surface area contributed by atoms with Gasteiger partial charge in [0.1, 0.15) is 5.76 Å². The SMILES string of the molecule is Cc1cc(CSc2nnc(-c3cccnc3)n2C2CC2)on1. The Bertz CT molecular complexity index is 778. The van der Waals surface area contributed by atoms with Crippen LogP contribution in [0, 0.1) is 6.92 Å². The summed E-state index contributed by atoms with van der Waals surface area (Å²) in [6.45, 7) is 1.92. The van der Waals surface area contributed by atoms with E-state index in [1.165, 1.54) is 12.8 Å². The highest BCUT2D eigenvalue weighted by Gasteiger charge is 2.30. The molecule has 0 bridgehead atoms. The number of hydrogen-bond acceptors (Lipinski definition) is 6. The van der Waals surface area contributed by atoms with Gasteiger partial charge in [-0.3, -0.25) is 9.55 Å². The number of pyridine rings is 1. The summed E-state index contributed by atoms with van der Waals surface area (Å²) in [4.78, 5) is 4.18. The molecule has 4 rings (SSSR count). The lowest BCUT2D eigenvalue weighted by atomic mass is 10.3. The van der Waals surface area contributed by atoms with Crippen LogP contribution in [0.2, 0.25) is 0 Å². The first-order chi connectivity index (χ1) is 10.8. The van der Waals surface area contributed by atoms with Crippen LogP contribution in [-0.4, -0.2) is 24.9 Å². The lowest BCUT2D eigenvalue weighted by Gasteiger charge is -2.07. The molecular formula is C15H15N5OS. The molecule has 0 spiro atoms. The summed E-state index contributed by atoms with van der Waals surface area (Å²) in [7, 11) is 0. The van der Waals surface area contributed by atoms with E-state index < -0.39 is 0 Å². The van der Waals surface area contributed by atoms with Crippen LogP contribution in [0.5, 0.6) is 0 Å². The molecule has 1 aliphatic carbocycles. The molecule has 1 saturated carbocycles. The number of aryl methyl sites for hydroxylation is 1. The zero-order valence-electron chi connectivity index (χ0n) is 12.1. The van der Waals surface area contributed by atoms with Crippen LogP contribution in [0.3, 0.4) is 0 Å². The maximum absolute atomic E-state index is 5.26. The van der Waals surface area contributed by atoms with Crippen LogP contribution in [-0.2, 0) is 5.75 Å². The van der Waals surface area contributed by atoms with Gasteiger partial charge in [0.2, 0.25) is 0 Å². The summed E-state index contributed by atoms with van der Waals surface area (Å²) in [5.41, 5.74) is 1.90. The summed E-state index contributed by atoms with van der Waals surface area (Å²) in [5, 5.41) is 13.6. The van der Waals surface area contributed by atoms with E-state index in [1.807, 2.05) is 31.3 Å². The Morgan fingerprint density at radius 3 is 2.95 bits per heavy atom. The minimum atomic E-state index is 0.504. The van der Waals surface area contributed by atoms with Gasteiger partial charge in [0, 0.05) is 30.1 Å². The maximum atomic E-state index is 5.26. The molecule has 3 heterocycles. The Labute approximate surface area is 131 Å². The molecule has 22 heavy (non-hydrogen) atoms. The molecule has 1 aliphatic rings. The van der Waals surface area contributed by atoms with Gasteiger partial charge in [0.05, 0.1) is 11.4 Å². The van der Waals surface area contributed by atoms with Crippen molar-refractivity contribution in [3.63, 3.8) is 0 Å². The van der Waals surface area contributed by atoms with Crippen molar-refractivity contribution < 1.29 is 4.52 Å². The van der Waals surface area contributed by atoms with Crippen molar-refractivity contribution in [3.8, 4) is 11.4 Å². The number of hydrogen-bond donors (Lipinski definition) is 0. The summed E-state index contributed by atoms with van der Waals surface area (Å²) >= 11 is 1.63. The average Bonchev–Trinajstić information content (AvgIpc) is 3.16. The van der Waals surface area contributed by atoms with Crippen molar-refractivity contribution in [3.05, 3.63) is 42.0 Å². The molecule has 0 aromatic carbocycles. The summed E-state index contributed by atoms with van der Waals surface area (Å²) < 4.78 is 7.48. The minimum absolute atomic E-state index is 0.504. The van der Waals surface area contributed by atoms with Gasteiger partial charge in [-0.1, -0.05) is 16.9 Å². The largest absolute Gasteiger partial charge is 0.360 e. The predicted molar refractivity (Wildman–Crippen MR) is 82.3 cm³/mol. The predicted octanol–water partition coefficient (Wildman–Crippen LogP) is 3.26. The molecule has 0 N–H and O–H groups in total. The molecule has 0 atom stereocenters. The van der Waals surface area contributed by atoms with E-state index in [0.717, 1.165) is 28.0 Å². The number of rotatable bonds is 5. The van der Waals surface area contributed by atoms with E-state index >= 15 is 0 Å². The van der Waals surface area contributed by atoms with E-state index in [1.54, 1.807) is 18.0 Å². The zero-order valence-corrected chi connectivity index (χ0v) is 13.0. The van der Waals surface area contributed by atoms with Gasteiger partial charge in [-0.2, -0.15) is 0 Å². The second kappa shape index (κ2) is 5.57. The van der Waals surface area contributed by atoms with E-state index in [0.29, 0.717) is 11.8 Å². The first kappa shape index (κ1) is 13.5. The summed E-state index contributed by atoms with van der Waals surface area (Å²) in [5.74, 6) is 2.46. The van der Waals surface area contributed by atoms with E-state index in [-0.39, 0.29) is 0 Å². The topological polar surface area (TPSA) is 69.6 Å². The highest BCUT2D eigenvalue weighted by atomic mass is 32.2. The molecule has 0 unspecified atom stereocenters. The molecule has 0 aliphatic heterocycles. The second-order valence-corrected chi connectivity index (χ2v) is 6.31. The van der Waals surface area contributed by atoms with Crippen LogP contribution >= 0.6 is 11.8 Å². The number of nitrogens with zero attached hydrogens (tertiary/aromatic N) is 5. The van der Waals surface area contributed by atoms with E-state index in [9.17, 15) is 0 Å². The number of thioether (sulfide) groups is 1. The fourth-order valence-electron chi connectivity index (χ4n) is 2.35. The van der Waals surface area contributed by atoms with Crippen molar-refractivity contribution in [2.45, 2.75) is 36.7 Å². The van der Waals surface area contributed by atoms with Gasteiger partial charge < -0.3 is 4.52 Å². The van der Waals surface area contributed by atoms with Crippen LogP contribution in [0.25, 0.3) is 11.4 Å². The third-order valence-corrected chi connectivity index (χ3v) is 4.48. The normalized spacial score (nSPS) is 14.4. The lowest BCUT2D eigenvalue weighted by Crippen LogP contribution is -1.99. The molecule has 112 valence electrons. The Morgan fingerprint density at radius 1 is 1.36 bits per heavy atom. The molecular weight excluding hydrogens is 298 g/mol. The maximum Gasteiger partial charge on any atom is 0.192 e. The Balaban J connectivity index is 1.61. The third-order valence-electron chi connectivity index (χ3n) is 3.52. The van der Waals surface area contributed by atoms with Gasteiger partial charge in [-0.15, -0.1) is 10.2 Å². The van der Waals surface area contributed by atoms with Crippen molar-refractivity contribution in [2.24, 2.45) is 0 Å². The van der Waals surface area contributed by atoms with Crippen LogP contribution in [0.1, 0.15) is 30.3 Å². The minimum Gasteiger partial charge on any atom is -0.360 e. The monoisotopic (exact) mass is 313 g/mol. The standard InChI is InChI=1S/C15H15N5OS/c1-10-7-13(21-19-10)9-22-15-18-17-14(20(15)12-4-5-12)11-3-2-6-16-8-11/h2-3,6-8,12H,4-5,9H2,1H3. The second-order valence-electron chi connectivity index (χ2n) is 5.37.